The van der Waals surface area contributed by atoms with Gasteiger partial charge in [-0.15, -0.1) is 11.8 Å². The van der Waals surface area contributed by atoms with Crippen LogP contribution in [0.15, 0.2) is 29.2 Å². The van der Waals surface area contributed by atoms with Crippen LogP contribution in [0.1, 0.15) is 18.9 Å². The Hall–Kier alpha value is -0.510. The predicted molar refractivity (Wildman–Crippen MR) is 78.0 cm³/mol. The number of nitrogens with zero attached hydrogens (tertiary/aromatic N) is 1. The molecule has 2 atom stereocenters. The number of rotatable bonds is 3. The van der Waals surface area contributed by atoms with Gasteiger partial charge >= 0.3 is 0 Å². The first-order valence-corrected chi connectivity index (χ1v) is 7.73. The van der Waals surface area contributed by atoms with Gasteiger partial charge in [0.2, 0.25) is 0 Å². The van der Waals surface area contributed by atoms with Gasteiger partial charge in [0.1, 0.15) is 0 Å². The summed E-state index contributed by atoms with van der Waals surface area (Å²) in [4.78, 5) is 4.10. The van der Waals surface area contributed by atoms with Crippen LogP contribution in [0.5, 0.6) is 0 Å². The van der Waals surface area contributed by atoms with Gasteiger partial charge in [-0.2, -0.15) is 0 Å². The second kappa shape index (κ2) is 4.87. The highest BCUT2D eigenvalue weighted by Crippen LogP contribution is 2.38. The Morgan fingerprint density at radius 1 is 1.44 bits per heavy atom. The van der Waals surface area contributed by atoms with Crippen molar-refractivity contribution in [3.8, 4) is 0 Å². The van der Waals surface area contributed by atoms with Crippen molar-refractivity contribution in [3.63, 3.8) is 0 Å². The zero-order valence-corrected chi connectivity index (χ0v) is 11.9. The van der Waals surface area contributed by atoms with Gasteiger partial charge in [0.25, 0.3) is 0 Å². The van der Waals surface area contributed by atoms with Crippen molar-refractivity contribution < 1.29 is 0 Å². The first-order chi connectivity index (χ1) is 8.68. The van der Waals surface area contributed by atoms with Crippen LogP contribution in [0.3, 0.4) is 0 Å². The lowest BCUT2D eigenvalue weighted by Crippen LogP contribution is -2.34. The molecule has 3 rings (SSSR count). The smallest absolute Gasteiger partial charge is 0.0263 e. The Labute approximate surface area is 114 Å². The third kappa shape index (κ3) is 2.44. The van der Waals surface area contributed by atoms with E-state index in [0.29, 0.717) is 5.41 Å². The van der Waals surface area contributed by atoms with Crippen molar-refractivity contribution in [2.45, 2.75) is 29.9 Å². The molecule has 2 heterocycles. The third-order valence-corrected chi connectivity index (χ3v) is 5.61. The van der Waals surface area contributed by atoms with Gasteiger partial charge in [0, 0.05) is 23.2 Å². The first kappa shape index (κ1) is 12.5. The Balaban J connectivity index is 1.58. The molecule has 2 unspecified atom stereocenters. The summed E-state index contributed by atoms with van der Waals surface area (Å²) < 4.78 is 0. The molecule has 98 valence electrons. The van der Waals surface area contributed by atoms with Gasteiger partial charge < -0.3 is 10.6 Å². The van der Waals surface area contributed by atoms with E-state index in [4.69, 9.17) is 5.73 Å². The minimum absolute atomic E-state index is 0.357. The van der Waals surface area contributed by atoms with E-state index < -0.39 is 0 Å². The molecule has 2 nitrogen and oxygen atoms in total. The topological polar surface area (TPSA) is 29.3 Å². The second-order valence-electron chi connectivity index (χ2n) is 6.05. The van der Waals surface area contributed by atoms with Crippen LogP contribution >= 0.6 is 11.8 Å². The van der Waals surface area contributed by atoms with Crippen molar-refractivity contribution in [1.29, 1.82) is 0 Å². The number of hydrogen-bond acceptors (Lipinski definition) is 3. The lowest BCUT2D eigenvalue weighted by Gasteiger charge is -2.24. The highest BCUT2D eigenvalue weighted by molar-refractivity contribution is 8.00. The van der Waals surface area contributed by atoms with Crippen molar-refractivity contribution >= 4 is 11.8 Å². The lowest BCUT2D eigenvalue weighted by molar-refractivity contribution is 0.281. The summed E-state index contributed by atoms with van der Waals surface area (Å²) in [7, 11) is 0. The first-order valence-electron chi connectivity index (χ1n) is 6.85. The average molecular weight is 262 g/mol. The van der Waals surface area contributed by atoms with Crippen LogP contribution in [0.4, 0.5) is 0 Å². The van der Waals surface area contributed by atoms with Crippen LogP contribution in [0, 0.1) is 5.41 Å². The molecule has 2 aliphatic heterocycles. The fourth-order valence-corrected chi connectivity index (χ4v) is 4.46. The number of fused-ring (bicyclic) bond motifs is 1. The molecule has 2 aliphatic rings. The molecular formula is C15H22N2S. The molecule has 18 heavy (non-hydrogen) atoms. The van der Waals surface area contributed by atoms with Crippen molar-refractivity contribution in [3.05, 3.63) is 29.8 Å². The van der Waals surface area contributed by atoms with Gasteiger partial charge in [0.05, 0.1) is 0 Å². The maximum absolute atomic E-state index is 5.88. The van der Waals surface area contributed by atoms with Gasteiger partial charge in [0.15, 0.2) is 0 Å². The van der Waals surface area contributed by atoms with Crippen LogP contribution in [-0.4, -0.2) is 36.3 Å². The van der Waals surface area contributed by atoms with E-state index >= 15 is 0 Å². The summed E-state index contributed by atoms with van der Waals surface area (Å²) in [6, 6.07) is 8.84. The van der Waals surface area contributed by atoms with E-state index in [1.54, 1.807) is 0 Å². The van der Waals surface area contributed by atoms with Crippen molar-refractivity contribution in [2.24, 2.45) is 11.1 Å². The standard InChI is InChI=1S/C15H22N2S/c1-15(10-16)6-7-17(11-15)9-13-8-12-4-2-3-5-14(12)18-13/h2-5,13H,6-11,16H2,1H3. The molecule has 0 radical (unpaired) electrons. The number of nitrogens with two attached hydrogens (primary N) is 1. The van der Waals surface area contributed by atoms with E-state index in [2.05, 4.69) is 47.9 Å². The number of likely N-dealkylation sites (tertiary alicyclic amines) is 1. The Bertz CT molecular complexity index is 409. The molecule has 1 saturated heterocycles. The van der Waals surface area contributed by atoms with Gasteiger partial charge in [-0.3, -0.25) is 0 Å². The van der Waals surface area contributed by atoms with Crippen molar-refractivity contribution in [2.75, 3.05) is 26.2 Å². The van der Waals surface area contributed by atoms with Crippen LogP contribution in [-0.2, 0) is 6.42 Å². The average Bonchev–Trinajstić information content (AvgIpc) is 2.93. The van der Waals surface area contributed by atoms with E-state index in [1.165, 1.54) is 42.9 Å². The largest absolute Gasteiger partial charge is 0.330 e. The third-order valence-electron chi connectivity index (χ3n) is 4.31. The van der Waals surface area contributed by atoms with Gasteiger partial charge in [-0.1, -0.05) is 25.1 Å². The summed E-state index contributed by atoms with van der Waals surface area (Å²) in [5, 5.41) is 0.738. The summed E-state index contributed by atoms with van der Waals surface area (Å²) in [6.07, 6.45) is 2.49. The maximum Gasteiger partial charge on any atom is 0.0263 e. The van der Waals surface area contributed by atoms with Gasteiger partial charge in [-0.25, -0.2) is 0 Å². The number of thioether (sulfide) groups is 1. The summed E-state index contributed by atoms with van der Waals surface area (Å²) in [5.74, 6) is 0. The van der Waals surface area contributed by atoms with Crippen molar-refractivity contribution in [1.82, 2.24) is 4.90 Å². The molecular weight excluding hydrogens is 240 g/mol. The van der Waals surface area contributed by atoms with E-state index in [-0.39, 0.29) is 0 Å². The highest BCUT2D eigenvalue weighted by atomic mass is 32.2. The molecule has 0 saturated carbocycles. The Morgan fingerprint density at radius 3 is 3.00 bits per heavy atom. The minimum Gasteiger partial charge on any atom is -0.330 e. The van der Waals surface area contributed by atoms with Crippen LogP contribution in [0.25, 0.3) is 0 Å². The summed E-state index contributed by atoms with van der Waals surface area (Å²) in [5.41, 5.74) is 7.77. The minimum atomic E-state index is 0.357. The molecule has 0 aromatic heterocycles. The molecule has 0 amide bonds. The lowest BCUT2D eigenvalue weighted by atomic mass is 9.90. The Morgan fingerprint density at radius 2 is 2.28 bits per heavy atom. The molecule has 0 bridgehead atoms. The quantitative estimate of drug-likeness (QED) is 0.907. The molecule has 2 N–H and O–H groups in total. The predicted octanol–water partition coefficient (Wildman–Crippen LogP) is 2.37. The highest BCUT2D eigenvalue weighted by Gasteiger charge is 2.34. The van der Waals surface area contributed by atoms with Crippen LogP contribution in [0.2, 0.25) is 0 Å². The zero-order valence-electron chi connectivity index (χ0n) is 11.1. The van der Waals surface area contributed by atoms with Crippen LogP contribution < -0.4 is 5.73 Å². The SMILES string of the molecule is CC1(CN)CCN(CC2Cc3ccccc3S2)C1. The zero-order chi connectivity index (χ0) is 12.6. The fourth-order valence-electron chi connectivity index (χ4n) is 3.09. The monoisotopic (exact) mass is 262 g/mol. The summed E-state index contributed by atoms with van der Waals surface area (Å²) >= 11 is 2.06. The molecule has 0 spiro atoms. The maximum atomic E-state index is 5.88. The second-order valence-corrected chi connectivity index (χ2v) is 7.39. The van der Waals surface area contributed by atoms with Gasteiger partial charge in [-0.05, 0) is 43.0 Å². The molecule has 1 fully saturated rings. The summed E-state index contributed by atoms with van der Waals surface area (Å²) in [6.45, 7) is 6.76. The fraction of sp³-hybridized carbons (Fsp3) is 0.600. The normalized spacial score (nSPS) is 31.8. The molecule has 1 aromatic carbocycles. The molecule has 3 heteroatoms. The van der Waals surface area contributed by atoms with E-state index in [0.717, 1.165) is 11.8 Å². The Kier molecular flexibility index (Phi) is 3.39. The molecule has 0 aliphatic carbocycles. The van der Waals surface area contributed by atoms with E-state index in [9.17, 15) is 0 Å². The number of benzene rings is 1. The number of hydrogen-bond donors (Lipinski definition) is 1. The molecule has 1 aromatic rings. The van der Waals surface area contributed by atoms with E-state index in [1.807, 2.05) is 0 Å².